The van der Waals surface area contributed by atoms with Gasteiger partial charge in [-0.05, 0) is 36.8 Å². The van der Waals surface area contributed by atoms with Crippen molar-refractivity contribution in [2.75, 3.05) is 33.3 Å². The van der Waals surface area contributed by atoms with E-state index in [4.69, 9.17) is 20.8 Å². The number of carbonyl (C=O) groups excluding carboxylic acids is 1. The maximum Gasteiger partial charge on any atom is 0.247 e. The van der Waals surface area contributed by atoms with Crippen LogP contribution in [0.5, 0.6) is 5.75 Å². The largest absolute Gasteiger partial charge is 0.496 e. The number of methoxy groups -OCH3 is 1. The predicted octanol–water partition coefficient (Wildman–Crippen LogP) is 4.07. The van der Waals surface area contributed by atoms with Crippen molar-refractivity contribution in [2.45, 2.75) is 25.8 Å². The number of rotatable bonds is 8. The standard InChI is InChI=1S/C24H27ClN4O3/c1-31-21-11-10-20(25)16-19(21)17-28-12-14-29(15-13-28)23(30)9-5-8-22-26-27-24(32-22)18-6-3-2-4-7-18/h2-4,6-7,10-11,16H,5,8-9,12-15,17H2,1H3. The molecular weight excluding hydrogens is 428 g/mol. The average Bonchev–Trinajstić information content (AvgIpc) is 3.29. The van der Waals surface area contributed by atoms with Crippen LogP contribution in [-0.2, 0) is 17.8 Å². The van der Waals surface area contributed by atoms with Crippen LogP contribution >= 0.6 is 11.6 Å². The number of hydrogen-bond acceptors (Lipinski definition) is 6. The zero-order valence-electron chi connectivity index (χ0n) is 18.2. The maximum atomic E-state index is 12.6. The molecule has 1 aliphatic heterocycles. The maximum absolute atomic E-state index is 12.6. The molecular formula is C24H27ClN4O3. The van der Waals surface area contributed by atoms with Crippen LogP contribution in [0.15, 0.2) is 52.9 Å². The zero-order valence-corrected chi connectivity index (χ0v) is 18.9. The third kappa shape index (κ3) is 5.66. The second kappa shape index (κ2) is 10.6. The second-order valence-corrected chi connectivity index (χ2v) is 8.27. The molecule has 4 rings (SSSR count). The van der Waals surface area contributed by atoms with Crippen LogP contribution in [0, 0.1) is 0 Å². The van der Waals surface area contributed by atoms with E-state index in [-0.39, 0.29) is 5.91 Å². The van der Waals surface area contributed by atoms with E-state index in [0.29, 0.717) is 36.1 Å². The Kier molecular flexibility index (Phi) is 7.39. The van der Waals surface area contributed by atoms with E-state index < -0.39 is 0 Å². The molecule has 1 aliphatic rings. The highest BCUT2D eigenvalue weighted by Gasteiger charge is 2.22. The van der Waals surface area contributed by atoms with Gasteiger partial charge in [-0.15, -0.1) is 10.2 Å². The van der Waals surface area contributed by atoms with E-state index in [0.717, 1.165) is 49.6 Å². The van der Waals surface area contributed by atoms with Crippen LogP contribution < -0.4 is 4.74 Å². The van der Waals surface area contributed by atoms with Gasteiger partial charge in [-0.2, -0.15) is 0 Å². The van der Waals surface area contributed by atoms with Crippen molar-refractivity contribution >= 4 is 17.5 Å². The number of carbonyl (C=O) groups is 1. The molecule has 0 saturated carbocycles. The fourth-order valence-electron chi connectivity index (χ4n) is 3.87. The van der Waals surface area contributed by atoms with Gasteiger partial charge in [-0.25, -0.2) is 0 Å². The van der Waals surface area contributed by atoms with E-state index in [1.807, 2.05) is 53.4 Å². The van der Waals surface area contributed by atoms with Gasteiger partial charge >= 0.3 is 0 Å². The van der Waals surface area contributed by atoms with Crippen LogP contribution in [0.1, 0.15) is 24.3 Å². The Morgan fingerprint density at radius 2 is 1.88 bits per heavy atom. The predicted molar refractivity (Wildman–Crippen MR) is 123 cm³/mol. The summed E-state index contributed by atoms with van der Waals surface area (Å²) < 4.78 is 11.2. The number of aryl methyl sites for hydroxylation is 1. The smallest absolute Gasteiger partial charge is 0.247 e. The lowest BCUT2D eigenvalue weighted by molar-refractivity contribution is -0.133. The first-order valence-electron chi connectivity index (χ1n) is 10.8. The molecule has 7 nitrogen and oxygen atoms in total. The van der Waals surface area contributed by atoms with Gasteiger partial charge in [-0.3, -0.25) is 9.69 Å². The van der Waals surface area contributed by atoms with Gasteiger partial charge in [0.05, 0.1) is 7.11 Å². The van der Waals surface area contributed by atoms with E-state index >= 15 is 0 Å². The van der Waals surface area contributed by atoms with Crippen molar-refractivity contribution in [2.24, 2.45) is 0 Å². The van der Waals surface area contributed by atoms with E-state index in [1.165, 1.54) is 0 Å². The SMILES string of the molecule is COc1ccc(Cl)cc1CN1CCN(C(=O)CCCc2nnc(-c3ccccc3)o2)CC1. The van der Waals surface area contributed by atoms with Gasteiger partial charge in [0.25, 0.3) is 0 Å². The Morgan fingerprint density at radius 1 is 1.09 bits per heavy atom. The summed E-state index contributed by atoms with van der Waals surface area (Å²) in [5.41, 5.74) is 1.96. The molecule has 2 heterocycles. The summed E-state index contributed by atoms with van der Waals surface area (Å²) in [4.78, 5) is 16.9. The molecule has 0 atom stereocenters. The Balaban J connectivity index is 1.21. The van der Waals surface area contributed by atoms with Crippen LogP contribution in [0.3, 0.4) is 0 Å². The summed E-state index contributed by atoms with van der Waals surface area (Å²) in [6, 6.07) is 15.3. The third-order valence-corrected chi connectivity index (χ3v) is 5.87. The van der Waals surface area contributed by atoms with Crippen molar-refractivity contribution < 1.29 is 13.9 Å². The lowest BCUT2D eigenvalue weighted by Crippen LogP contribution is -2.48. The first-order chi connectivity index (χ1) is 15.6. The first kappa shape index (κ1) is 22.3. The first-order valence-corrected chi connectivity index (χ1v) is 11.2. The summed E-state index contributed by atoms with van der Waals surface area (Å²) >= 11 is 6.14. The third-order valence-electron chi connectivity index (χ3n) is 5.63. The highest BCUT2D eigenvalue weighted by molar-refractivity contribution is 6.30. The van der Waals surface area contributed by atoms with Gasteiger partial charge < -0.3 is 14.1 Å². The van der Waals surface area contributed by atoms with Gasteiger partial charge in [0.1, 0.15) is 5.75 Å². The fraction of sp³-hybridized carbons (Fsp3) is 0.375. The Bertz CT molecular complexity index is 1030. The second-order valence-electron chi connectivity index (χ2n) is 7.83. The number of amides is 1. The van der Waals surface area contributed by atoms with Crippen LogP contribution in [0.4, 0.5) is 0 Å². The lowest BCUT2D eigenvalue weighted by Gasteiger charge is -2.35. The molecule has 1 amide bonds. The molecule has 0 bridgehead atoms. The molecule has 8 heteroatoms. The van der Waals surface area contributed by atoms with Crippen LogP contribution in [0.25, 0.3) is 11.5 Å². The number of halogens is 1. The van der Waals surface area contributed by atoms with Gasteiger partial charge in [-0.1, -0.05) is 29.8 Å². The highest BCUT2D eigenvalue weighted by atomic mass is 35.5. The minimum Gasteiger partial charge on any atom is -0.496 e. The number of nitrogens with zero attached hydrogens (tertiary/aromatic N) is 4. The van der Waals surface area contributed by atoms with E-state index in [2.05, 4.69) is 15.1 Å². The Hall–Kier alpha value is -2.90. The molecule has 0 N–H and O–H groups in total. The monoisotopic (exact) mass is 454 g/mol. The number of ether oxygens (including phenoxy) is 1. The molecule has 0 radical (unpaired) electrons. The molecule has 1 fully saturated rings. The number of hydrogen-bond donors (Lipinski definition) is 0. The quantitative estimate of drug-likeness (QED) is 0.511. The topological polar surface area (TPSA) is 71.7 Å². The van der Waals surface area contributed by atoms with Gasteiger partial charge in [0.2, 0.25) is 17.7 Å². The minimum absolute atomic E-state index is 0.174. The highest BCUT2D eigenvalue weighted by Crippen LogP contribution is 2.24. The van der Waals surface area contributed by atoms with Crippen molar-refractivity contribution in [1.82, 2.24) is 20.0 Å². The molecule has 0 spiro atoms. The Morgan fingerprint density at radius 3 is 2.62 bits per heavy atom. The molecule has 0 aliphatic carbocycles. The molecule has 2 aromatic carbocycles. The van der Waals surface area contributed by atoms with E-state index in [9.17, 15) is 4.79 Å². The van der Waals surface area contributed by atoms with Gasteiger partial charge in [0, 0.05) is 61.7 Å². The normalized spacial score (nSPS) is 14.5. The summed E-state index contributed by atoms with van der Waals surface area (Å²) in [5.74, 6) is 2.09. The van der Waals surface area contributed by atoms with Crippen LogP contribution in [-0.4, -0.2) is 59.2 Å². The van der Waals surface area contributed by atoms with Crippen molar-refractivity contribution in [1.29, 1.82) is 0 Å². The van der Waals surface area contributed by atoms with Gasteiger partial charge in [0.15, 0.2) is 0 Å². The zero-order chi connectivity index (χ0) is 22.3. The molecule has 32 heavy (non-hydrogen) atoms. The number of piperazine rings is 1. The molecule has 168 valence electrons. The molecule has 1 aromatic heterocycles. The van der Waals surface area contributed by atoms with Crippen LogP contribution in [0.2, 0.25) is 5.02 Å². The van der Waals surface area contributed by atoms with Crippen molar-refractivity contribution in [3.8, 4) is 17.2 Å². The number of aromatic nitrogens is 2. The fourth-order valence-corrected chi connectivity index (χ4v) is 4.06. The average molecular weight is 455 g/mol. The van der Waals surface area contributed by atoms with Crippen molar-refractivity contribution in [3.63, 3.8) is 0 Å². The lowest BCUT2D eigenvalue weighted by atomic mass is 10.1. The summed E-state index contributed by atoms with van der Waals surface area (Å²) in [5, 5.41) is 8.90. The summed E-state index contributed by atoms with van der Waals surface area (Å²) in [6.07, 6.45) is 1.76. The van der Waals surface area contributed by atoms with Crippen molar-refractivity contribution in [3.05, 3.63) is 65.0 Å². The molecule has 0 unspecified atom stereocenters. The summed E-state index contributed by atoms with van der Waals surface area (Å²) in [6.45, 7) is 3.85. The number of benzene rings is 2. The molecule has 1 saturated heterocycles. The minimum atomic E-state index is 0.174. The summed E-state index contributed by atoms with van der Waals surface area (Å²) in [7, 11) is 1.67. The Labute approximate surface area is 192 Å². The van der Waals surface area contributed by atoms with E-state index in [1.54, 1.807) is 7.11 Å². The molecule has 3 aromatic rings.